The Bertz CT molecular complexity index is 660. The van der Waals surface area contributed by atoms with Crippen LogP contribution in [0.15, 0.2) is 29.1 Å². The minimum Gasteiger partial charge on any atom is -0.493 e. The number of carbonyl (C=O) groups is 1. The quantitative estimate of drug-likeness (QED) is 0.652. The van der Waals surface area contributed by atoms with Crippen LogP contribution in [0.3, 0.4) is 0 Å². The van der Waals surface area contributed by atoms with E-state index in [4.69, 9.17) is 9.47 Å². The lowest BCUT2D eigenvalue weighted by Crippen LogP contribution is -2.28. The molecule has 0 atom stereocenters. The van der Waals surface area contributed by atoms with Gasteiger partial charge in [-0.15, -0.1) is 11.3 Å². The molecule has 1 aromatic heterocycles. The topological polar surface area (TPSA) is 72.5 Å². The van der Waals surface area contributed by atoms with E-state index in [1.165, 1.54) is 11.3 Å². The normalized spacial score (nSPS) is 10.6. The molecule has 0 aliphatic carbocycles. The second kappa shape index (κ2) is 9.88. The number of amides is 2. The molecule has 0 radical (unpaired) electrons. The molecule has 2 amide bonds. The van der Waals surface area contributed by atoms with Gasteiger partial charge in [-0.1, -0.05) is 13.8 Å². The lowest BCUT2D eigenvalue weighted by Gasteiger charge is -2.13. The molecule has 0 saturated carbocycles. The highest BCUT2D eigenvalue weighted by molar-refractivity contribution is 7.07. The predicted octanol–water partition coefficient (Wildman–Crippen LogP) is 4.29. The van der Waals surface area contributed by atoms with Crippen LogP contribution in [-0.2, 0) is 6.54 Å². The van der Waals surface area contributed by atoms with Crippen molar-refractivity contribution in [1.29, 1.82) is 0 Å². The Hall–Kier alpha value is -2.28. The van der Waals surface area contributed by atoms with Crippen LogP contribution in [0.4, 0.5) is 10.5 Å². The van der Waals surface area contributed by atoms with Crippen LogP contribution in [0, 0.1) is 5.92 Å². The third-order valence-electron chi connectivity index (χ3n) is 3.52. The van der Waals surface area contributed by atoms with Crippen molar-refractivity contribution in [2.24, 2.45) is 5.92 Å². The highest BCUT2D eigenvalue weighted by Gasteiger charge is 2.09. The number of aromatic nitrogens is 1. The first-order valence-corrected chi connectivity index (χ1v) is 9.25. The summed E-state index contributed by atoms with van der Waals surface area (Å²) >= 11 is 1.50. The van der Waals surface area contributed by atoms with Crippen LogP contribution in [0.5, 0.6) is 11.5 Å². The first-order chi connectivity index (χ1) is 12.1. The molecule has 0 aliphatic rings. The second-order valence-corrected chi connectivity index (χ2v) is 6.76. The van der Waals surface area contributed by atoms with Crippen molar-refractivity contribution < 1.29 is 14.3 Å². The Morgan fingerprint density at radius 1 is 1.32 bits per heavy atom. The molecule has 2 N–H and O–H groups in total. The number of methoxy groups -OCH3 is 1. The summed E-state index contributed by atoms with van der Waals surface area (Å²) in [6.07, 6.45) is 2.09. The maximum atomic E-state index is 12.0. The molecular weight excluding hydrogens is 338 g/mol. The maximum Gasteiger partial charge on any atom is 0.319 e. The second-order valence-electron chi connectivity index (χ2n) is 6.04. The van der Waals surface area contributed by atoms with Gasteiger partial charge in [0, 0.05) is 17.1 Å². The number of ether oxygens (including phenoxy) is 2. The number of thiazole rings is 1. The molecule has 0 spiro atoms. The number of nitrogens with one attached hydrogen (secondary N) is 2. The van der Waals surface area contributed by atoms with E-state index in [-0.39, 0.29) is 6.03 Å². The van der Waals surface area contributed by atoms with Crippen LogP contribution in [0.1, 0.15) is 32.4 Å². The molecule has 0 bridgehead atoms. The monoisotopic (exact) mass is 363 g/mol. The fraction of sp³-hybridized carbons (Fsp3) is 0.444. The number of hydrogen-bond donors (Lipinski definition) is 2. The summed E-state index contributed by atoms with van der Waals surface area (Å²) in [4.78, 5) is 16.1. The lowest BCUT2D eigenvalue weighted by atomic mass is 10.1. The Morgan fingerprint density at radius 3 is 2.84 bits per heavy atom. The van der Waals surface area contributed by atoms with E-state index in [2.05, 4.69) is 29.5 Å². The molecule has 0 unspecified atom stereocenters. The van der Waals surface area contributed by atoms with E-state index >= 15 is 0 Å². The van der Waals surface area contributed by atoms with Gasteiger partial charge in [0.15, 0.2) is 11.5 Å². The molecule has 0 saturated heterocycles. The molecular formula is C18H25N3O3S. The number of rotatable bonds is 9. The van der Waals surface area contributed by atoms with Gasteiger partial charge in [0.1, 0.15) is 0 Å². The van der Waals surface area contributed by atoms with E-state index in [0.29, 0.717) is 36.3 Å². The maximum absolute atomic E-state index is 12.0. The summed E-state index contributed by atoms with van der Waals surface area (Å²) in [6, 6.07) is 5.05. The minimum atomic E-state index is -0.288. The van der Waals surface area contributed by atoms with E-state index in [1.807, 2.05) is 5.38 Å². The summed E-state index contributed by atoms with van der Waals surface area (Å²) in [6.45, 7) is 5.39. The van der Waals surface area contributed by atoms with Crippen LogP contribution in [0.2, 0.25) is 0 Å². The van der Waals surface area contributed by atoms with Crippen LogP contribution in [0.25, 0.3) is 0 Å². The van der Waals surface area contributed by atoms with Gasteiger partial charge in [-0.25, -0.2) is 9.78 Å². The van der Waals surface area contributed by atoms with Gasteiger partial charge in [-0.05, 0) is 30.9 Å². The van der Waals surface area contributed by atoms with Crippen molar-refractivity contribution in [3.63, 3.8) is 0 Å². The van der Waals surface area contributed by atoms with Crippen LogP contribution < -0.4 is 20.1 Å². The molecule has 25 heavy (non-hydrogen) atoms. The van der Waals surface area contributed by atoms with Gasteiger partial charge in [0.05, 0.1) is 31.5 Å². The van der Waals surface area contributed by atoms with E-state index < -0.39 is 0 Å². The zero-order chi connectivity index (χ0) is 18.1. The number of carbonyl (C=O) groups excluding carboxylic acids is 1. The van der Waals surface area contributed by atoms with Crippen molar-refractivity contribution in [3.8, 4) is 11.5 Å². The summed E-state index contributed by atoms with van der Waals surface area (Å²) in [5, 5.41) is 7.46. The molecule has 2 aromatic rings. The zero-order valence-corrected chi connectivity index (χ0v) is 15.7. The largest absolute Gasteiger partial charge is 0.493 e. The molecule has 2 rings (SSSR count). The van der Waals surface area contributed by atoms with Crippen molar-refractivity contribution >= 4 is 23.1 Å². The Kier molecular flexibility index (Phi) is 7.53. The first kappa shape index (κ1) is 19.1. The number of hydrogen-bond acceptors (Lipinski definition) is 5. The van der Waals surface area contributed by atoms with Crippen LogP contribution >= 0.6 is 11.3 Å². The predicted molar refractivity (Wildman–Crippen MR) is 101 cm³/mol. The van der Waals surface area contributed by atoms with Gasteiger partial charge < -0.3 is 20.1 Å². The fourth-order valence-corrected chi connectivity index (χ4v) is 2.77. The van der Waals surface area contributed by atoms with Crippen molar-refractivity contribution in [3.05, 3.63) is 34.8 Å². The average Bonchev–Trinajstić information content (AvgIpc) is 3.10. The minimum absolute atomic E-state index is 0.288. The summed E-state index contributed by atoms with van der Waals surface area (Å²) < 4.78 is 11.1. The van der Waals surface area contributed by atoms with Crippen molar-refractivity contribution in [2.75, 3.05) is 19.0 Å². The van der Waals surface area contributed by atoms with Crippen LogP contribution in [-0.4, -0.2) is 24.7 Å². The van der Waals surface area contributed by atoms with E-state index in [1.54, 1.807) is 30.8 Å². The Morgan fingerprint density at radius 2 is 2.16 bits per heavy atom. The van der Waals surface area contributed by atoms with Gasteiger partial charge in [0.25, 0.3) is 0 Å². The SMILES string of the molecule is COc1ccc(NC(=O)NCc2cscn2)cc1OCCCC(C)C. The number of benzene rings is 1. The molecule has 7 heteroatoms. The highest BCUT2D eigenvalue weighted by atomic mass is 32.1. The molecule has 1 heterocycles. The third kappa shape index (κ3) is 6.62. The van der Waals surface area contributed by atoms with E-state index in [9.17, 15) is 4.79 Å². The Balaban J connectivity index is 1.89. The third-order valence-corrected chi connectivity index (χ3v) is 4.15. The smallest absolute Gasteiger partial charge is 0.319 e. The molecule has 136 valence electrons. The van der Waals surface area contributed by atoms with Gasteiger partial charge in [-0.2, -0.15) is 0 Å². The highest BCUT2D eigenvalue weighted by Crippen LogP contribution is 2.30. The fourth-order valence-electron chi connectivity index (χ4n) is 2.21. The average molecular weight is 363 g/mol. The number of anilines is 1. The molecule has 0 aliphatic heterocycles. The standard InChI is InChI=1S/C18H25N3O3S/c1-13(2)5-4-8-24-17-9-14(6-7-16(17)23-3)21-18(22)19-10-15-11-25-12-20-15/h6-7,9,11-13H,4-5,8,10H2,1-3H3,(H2,19,21,22). The summed E-state index contributed by atoms with van der Waals surface area (Å²) in [5.41, 5.74) is 3.22. The van der Waals surface area contributed by atoms with Gasteiger partial charge in [0.2, 0.25) is 0 Å². The molecule has 0 fully saturated rings. The van der Waals surface area contributed by atoms with Crippen molar-refractivity contribution in [2.45, 2.75) is 33.2 Å². The van der Waals surface area contributed by atoms with Gasteiger partial charge >= 0.3 is 6.03 Å². The number of urea groups is 1. The summed E-state index contributed by atoms with van der Waals surface area (Å²) in [7, 11) is 1.60. The Labute approximate surface area is 152 Å². The lowest BCUT2D eigenvalue weighted by molar-refractivity contribution is 0.251. The first-order valence-electron chi connectivity index (χ1n) is 8.31. The van der Waals surface area contributed by atoms with E-state index in [0.717, 1.165) is 18.5 Å². The zero-order valence-electron chi connectivity index (χ0n) is 14.9. The summed E-state index contributed by atoms with van der Waals surface area (Å²) in [5.74, 6) is 1.93. The molecule has 1 aromatic carbocycles. The van der Waals surface area contributed by atoms with Crippen molar-refractivity contribution in [1.82, 2.24) is 10.3 Å². The molecule has 6 nitrogen and oxygen atoms in total. The van der Waals surface area contributed by atoms with Gasteiger partial charge in [-0.3, -0.25) is 0 Å². The number of nitrogens with zero attached hydrogens (tertiary/aromatic N) is 1.